The molecule has 2 aromatic carbocycles. The zero-order valence-corrected chi connectivity index (χ0v) is 19.0. The zero-order chi connectivity index (χ0) is 24.1. The van der Waals surface area contributed by atoms with Crippen LogP contribution in [-0.4, -0.2) is 19.7 Å². The van der Waals surface area contributed by atoms with E-state index in [0.29, 0.717) is 22.6 Å². The molecule has 3 rings (SSSR count). The number of nitrogens with two attached hydrogens (primary N) is 1. The van der Waals surface area contributed by atoms with Crippen LogP contribution in [0.1, 0.15) is 30.9 Å². The van der Waals surface area contributed by atoms with E-state index in [0.717, 1.165) is 0 Å². The van der Waals surface area contributed by atoms with Crippen LogP contribution in [-0.2, 0) is 20.9 Å². The Morgan fingerprint density at radius 3 is 2.70 bits per heavy atom. The Morgan fingerprint density at radius 2 is 2.06 bits per heavy atom. The van der Waals surface area contributed by atoms with Gasteiger partial charge in [-0.15, -0.1) is 0 Å². The van der Waals surface area contributed by atoms with Gasteiger partial charge in [-0.25, -0.2) is 9.18 Å². The van der Waals surface area contributed by atoms with Crippen molar-refractivity contribution in [2.45, 2.75) is 26.4 Å². The van der Waals surface area contributed by atoms with Gasteiger partial charge < -0.3 is 24.7 Å². The minimum absolute atomic E-state index is 0.0563. The number of ether oxygens (including phenoxy) is 4. The molecule has 0 saturated heterocycles. The molecule has 1 atom stereocenters. The summed E-state index contributed by atoms with van der Waals surface area (Å²) in [5.74, 6) is -0.891. The maximum absolute atomic E-state index is 13.4. The molecule has 2 N–H and O–H groups in total. The van der Waals surface area contributed by atoms with Gasteiger partial charge >= 0.3 is 5.97 Å². The predicted octanol–water partition coefficient (Wildman–Crippen LogP) is 4.71. The van der Waals surface area contributed by atoms with Gasteiger partial charge in [0.25, 0.3) is 0 Å². The quantitative estimate of drug-likeness (QED) is 0.582. The SMILES string of the molecule is CCOC(=O)C1=C(C)OC(N)=C(C#N)[C@@H]1c1ccc(OC)c(COc2ccc(F)c(Cl)c2)c1. The van der Waals surface area contributed by atoms with Crippen LogP contribution in [0.15, 0.2) is 59.2 Å². The molecule has 0 radical (unpaired) electrons. The third-order valence-electron chi connectivity index (χ3n) is 5.02. The van der Waals surface area contributed by atoms with Crippen molar-refractivity contribution < 1.29 is 28.1 Å². The molecular weight excluding hydrogens is 451 g/mol. The highest BCUT2D eigenvalue weighted by molar-refractivity contribution is 6.30. The number of hydrogen-bond donors (Lipinski definition) is 1. The van der Waals surface area contributed by atoms with E-state index in [1.165, 1.54) is 25.3 Å². The van der Waals surface area contributed by atoms with Crippen molar-refractivity contribution >= 4 is 17.6 Å². The van der Waals surface area contributed by atoms with E-state index in [1.54, 1.807) is 32.0 Å². The van der Waals surface area contributed by atoms with E-state index in [2.05, 4.69) is 0 Å². The van der Waals surface area contributed by atoms with Gasteiger partial charge in [-0.05, 0) is 43.7 Å². The molecular formula is C24H22ClFN2O5. The summed E-state index contributed by atoms with van der Waals surface area (Å²) in [7, 11) is 1.51. The first-order chi connectivity index (χ1) is 15.8. The fourth-order valence-corrected chi connectivity index (χ4v) is 3.68. The van der Waals surface area contributed by atoms with Crippen molar-refractivity contribution in [3.63, 3.8) is 0 Å². The zero-order valence-electron chi connectivity index (χ0n) is 18.3. The Kier molecular flexibility index (Phi) is 7.46. The lowest BCUT2D eigenvalue weighted by atomic mass is 9.82. The molecule has 0 aliphatic carbocycles. The van der Waals surface area contributed by atoms with Gasteiger partial charge in [-0.1, -0.05) is 17.7 Å². The summed E-state index contributed by atoms with van der Waals surface area (Å²) in [4.78, 5) is 12.7. The average molecular weight is 473 g/mol. The summed E-state index contributed by atoms with van der Waals surface area (Å²) in [6.45, 7) is 3.49. The molecule has 9 heteroatoms. The highest BCUT2D eigenvalue weighted by Gasteiger charge is 2.36. The monoisotopic (exact) mass is 472 g/mol. The summed E-state index contributed by atoms with van der Waals surface area (Å²) in [5, 5.41) is 9.68. The smallest absolute Gasteiger partial charge is 0.338 e. The molecule has 1 heterocycles. The lowest BCUT2D eigenvalue weighted by Crippen LogP contribution is -2.25. The molecule has 0 spiro atoms. The van der Waals surface area contributed by atoms with E-state index >= 15 is 0 Å². The van der Waals surface area contributed by atoms with E-state index in [-0.39, 0.29) is 41.0 Å². The van der Waals surface area contributed by atoms with E-state index in [4.69, 9.17) is 36.3 Å². The van der Waals surface area contributed by atoms with E-state index in [1.807, 2.05) is 6.07 Å². The van der Waals surface area contributed by atoms with E-state index in [9.17, 15) is 14.4 Å². The summed E-state index contributed by atoms with van der Waals surface area (Å²) >= 11 is 5.82. The number of methoxy groups -OCH3 is 1. The number of halogens is 2. The number of allylic oxidation sites excluding steroid dienone is 2. The van der Waals surface area contributed by atoms with Gasteiger partial charge in [0.05, 0.1) is 30.2 Å². The van der Waals surface area contributed by atoms with E-state index < -0.39 is 17.7 Å². The summed E-state index contributed by atoms with van der Waals surface area (Å²) in [6.07, 6.45) is 0. The molecule has 2 aromatic rings. The largest absolute Gasteiger partial charge is 0.496 e. The molecule has 0 fully saturated rings. The van der Waals surface area contributed by atoms with Crippen molar-refractivity contribution in [3.05, 3.63) is 81.2 Å². The first-order valence-electron chi connectivity index (χ1n) is 10.0. The highest BCUT2D eigenvalue weighted by Crippen LogP contribution is 2.41. The maximum Gasteiger partial charge on any atom is 0.338 e. The molecule has 0 amide bonds. The number of carbonyl (C=O) groups excluding carboxylic acids is 1. The fraction of sp³-hybridized carbons (Fsp3) is 0.250. The van der Waals surface area contributed by atoms with Gasteiger partial charge in [0.2, 0.25) is 5.88 Å². The van der Waals surface area contributed by atoms with Gasteiger partial charge in [-0.2, -0.15) is 5.26 Å². The number of hydrogen-bond acceptors (Lipinski definition) is 7. The summed E-state index contributed by atoms with van der Waals surface area (Å²) in [5.41, 5.74) is 7.45. The van der Waals surface area contributed by atoms with Gasteiger partial charge in [0, 0.05) is 11.6 Å². The predicted molar refractivity (Wildman–Crippen MR) is 119 cm³/mol. The highest BCUT2D eigenvalue weighted by atomic mass is 35.5. The Labute approximate surface area is 195 Å². The molecule has 0 saturated carbocycles. The molecule has 0 unspecified atom stereocenters. The molecule has 172 valence electrons. The Bertz CT molecular complexity index is 1190. The molecule has 1 aliphatic heterocycles. The first kappa shape index (κ1) is 24.0. The van der Waals surface area contributed by atoms with Crippen molar-refractivity contribution in [2.75, 3.05) is 13.7 Å². The van der Waals surface area contributed by atoms with Gasteiger partial charge in [0.15, 0.2) is 0 Å². The maximum atomic E-state index is 13.4. The van der Waals surface area contributed by atoms with Crippen LogP contribution in [0, 0.1) is 17.1 Å². The minimum atomic E-state index is -0.798. The molecule has 1 aliphatic rings. The standard InChI is InChI=1S/C24H22ClFN2O5/c1-4-31-24(29)21-13(2)33-23(28)17(11-27)22(21)14-5-8-20(30-3)15(9-14)12-32-16-6-7-19(26)18(25)10-16/h5-10,22H,4,12,28H2,1-3H3/t22-/m0/s1. The van der Waals surface area contributed by atoms with Gasteiger partial charge in [-0.3, -0.25) is 0 Å². The summed E-state index contributed by atoms with van der Waals surface area (Å²) < 4.78 is 35.3. The van der Waals surface area contributed by atoms with Crippen LogP contribution in [0.2, 0.25) is 5.02 Å². The third kappa shape index (κ3) is 5.04. The fourth-order valence-electron chi connectivity index (χ4n) is 3.51. The molecule has 0 aromatic heterocycles. The second-order valence-corrected chi connectivity index (χ2v) is 7.46. The molecule has 33 heavy (non-hydrogen) atoms. The molecule has 7 nitrogen and oxygen atoms in total. The second kappa shape index (κ2) is 10.3. The normalized spacial score (nSPS) is 15.6. The lowest BCUT2D eigenvalue weighted by molar-refractivity contribution is -0.139. The Morgan fingerprint density at radius 1 is 1.30 bits per heavy atom. The topological polar surface area (TPSA) is 104 Å². The minimum Gasteiger partial charge on any atom is -0.496 e. The number of nitriles is 1. The lowest BCUT2D eigenvalue weighted by Gasteiger charge is -2.27. The second-order valence-electron chi connectivity index (χ2n) is 7.05. The number of esters is 1. The van der Waals surface area contributed by atoms with Crippen LogP contribution in [0.25, 0.3) is 0 Å². The summed E-state index contributed by atoms with van der Waals surface area (Å²) in [6, 6.07) is 11.2. The Balaban J connectivity index is 2.02. The number of carbonyl (C=O) groups is 1. The van der Waals surface area contributed by atoms with Crippen LogP contribution in [0.4, 0.5) is 4.39 Å². The first-order valence-corrected chi connectivity index (χ1v) is 10.4. The van der Waals surface area contributed by atoms with Crippen molar-refractivity contribution in [2.24, 2.45) is 5.73 Å². The van der Waals surface area contributed by atoms with Crippen molar-refractivity contribution in [1.82, 2.24) is 0 Å². The van der Waals surface area contributed by atoms with Crippen molar-refractivity contribution in [1.29, 1.82) is 5.26 Å². The molecule has 0 bridgehead atoms. The third-order valence-corrected chi connectivity index (χ3v) is 5.31. The van der Waals surface area contributed by atoms with Crippen LogP contribution in [0.5, 0.6) is 11.5 Å². The van der Waals surface area contributed by atoms with Gasteiger partial charge in [0.1, 0.15) is 41.3 Å². The number of rotatable bonds is 7. The van der Waals surface area contributed by atoms with Crippen molar-refractivity contribution in [3.8, 4) is 17.6 Å². The van der Waals surface area contributed by atoms with Crippen LogP contribution >= 0.6 is 11.6 Å². The average Bonchev–Trinajstić information content (AvgIpc) is 2.79. The Hall–Kier alpha value is -3.70. The number of benzene rings is 2. The van der Waals surface area contributed by atoms with Crippen LogP contribution in [0.3, 0.4) is 0 Å². The van der Waals surface area contributed by atoms with Crippen LogP contribution < -0.4 is 15.2 Å². The number of nitrogens with zero attached hydrogens (tertiary/aromatic N) is 1.